The van der Waals surface area contributed by atoms with Crippen molar-refractivity contribution in [2.75, 3.05) is 26.9 Å². The van der Waals surface area contributed by atoms with E-state index in [1.54, 1.807) is 32.9 Å². The number of ether oxygens (including phenoxy) is 6. The first kappa shape index (κ1) is 51.7. The quantitative estimate of drug-likeness (QED) is 0.104. The van der Waals surface area contributed by atoms with Crippen molar-refractivity contribution in [3.63, 3.8) is 0 Å². The predicted octanol–water partition coefficient (Wildman–Crippen LogP) is 1.26. The van der Waals surface area contributed by atoms with E-state index in [1.165, 1.54) is 17.0 Å². The number of amides is 2. The molecule has 72 heavy (non-hydrogen) atoms. The fourth-order valence-corrected chi connectivity index (χ4v) is 11.1. The Balaban J connectivity index is 0.976. The number of likely N-dealkylation sites (N-methyl/N-ethyl adjacent to an activating group) is 1. The Morgan fingerprint density at radius 2 is 1.58 bits per heavy atom. The monoisotopic (exact) mass is 999 g/mol. The minimum atomic E-state index is -1.62. The molecule has 13 atom stereocenters. The molecule has 4 saturated heterocycles. The third-order valence-electron chi connectivity index (χ3n) is 14.6. The second-order valence-corrected chi connectivity index (χ2v) is 20.7. The SMILES string of the molecule is CN(C(=O)[C@@]12C[C@H]3OC(=O)[C@@H]1N(Cc1ccc(C=CCO[C@H]4O[C@H](CO)[C@H](O)[C@H](O)[C@H]4O)cc1)O[C@@H]2[C@H]1OC2(Cc4ccccc4C2)O[C@H]13)[C@H](Cc1ccccc1)C(=O)N[C@H](CO)CCC(=O)OC(C)(C)C. The molecule has 2 amide bonds. The van der Waals surface area contributed by atoms with Crippen LogP contribution in [0.2, 0.25) is 0 Å². The molecule has 6 aliphatic rings. The van der Waals surface area contributed by atoms with Crippen molar-refractivity contribution < 1.29 is 78.0 Å². The number of carbonyl (C=O) groups is 4. The first-order chi connectivity index (χ1) is 34.4. The number of carbonyl (C=O) groups excluding carboxylic acids is 4. The molecule has 3 aromatic rings. The van der Waals surface area contributed by atoms with E-state index in [9.17, 15) is 39.9 Å². The van der Waals surface area contributed by atoms with Crippen LogP contribution in [0.15, 0.2) is 84.9 Å². The summed E-state index contributed by atoms with van der Waals surface area (Å²) in [6, 6.07) is 21.2. The van der Waals surface area contributed by atoms with Crippen molar-refractivity contribution in [1.29, 1.82) is 0 Å². The van der Waals surface area contributed by atoms with Gasteiger partial charge >= 0.3 is 11.9 Å². The zero-order chi connectivity index (χ0) is 51.1. The van der Waals surface area contributed by atoms with Crippen LogP contribution in [-0.2, 0) is 78.2 Å². The topological polar surface area (TPSA) is 253 Å². The molecule has 4 heterocycles. The average molecular weight is 1000 g/mol. The molecule has 19 heteroatoms. The van der Waals surface area contributed by atoms with Gasteiger partial charge in [-0.1, -0.05) is 91.0 Å². The summed E-state index contributed by atoms with van der Waals surface area (Å²) in [5.74, 6) is -3.36. The lowest BCUT2D eigenvalue weighted by molar-refractivity contribution is -0.298. The summed E-state index contributed by atoms with van der Waals surface area (Å²) in [5.41, 5.74) is 2.03. The van der Waals surface area contributed by atoms with Crippen molar-refractivity contribution in [2.45, 2.75) is 150 Å². The van der Waals surface area contributed by atoms with E-state index >= 15 is 4.79 Å². The van der Waals surface area contributed by atoms with Gasteiger partial charge in [0.2, 0.25) is 11.8 Å². The Kier molecular flexibility index (Phi) is 15.1. The minimum absolute atomic E-state index is 0.0189. The number of hydrogen-bond acceptors (Lipinski definition) is 17. The van der Waals surface area contributed by atoms with Gasteiger partial charge in [-0.05, 0) is 55.0 Å². The van der Waals surface area contributed by atoms with Gasteiger partial charge in [0.25, 0.3) is 0 Å². The number of aliphatic hydroxyl groups excluding tert-OH is 5. The third-order valence-corrected chi connectivity index (χ3v) is 14.6. The second kappa shape index (κ2) is 21.0. The van der Waals surface area contributed by atoms with Crippen LogP contribution in [0, 0.1) is 5.41 Å². The number of nitrogens with zero attached hydrogens (tertiary/aromatic N) is 2. The highest BCUT2D eigenvalue weighted by molar-refractivity contribution is 5.96. The van der Waals surface area contributed by atoms with Gasteiger partial charge in [0.1, 0.15) is 65.9 Å². The van der Waals surface area contributed by atoms with E-state index < -0.39 is 127 Å². The van der Waals surface area contributed by atoms with Crippen LogP contribution >= 0.6 is 0 Å². The zero-order valence-corrected chi connectivity index (χ0v) is 40.8. The number of hydroxylamine groups is 2. The maximum atomic E-state index is 15.9. The van der Waals surface area contributed by atoms with Crippen LogP contribution in [0.5, 0.6) is 0 Å². The van der Waals surface area contributed by atoms with E-state index in [4.69, 9.17) is 33.3 Å². The van der Waals surface area contributed by atoms with Crippen LogP contribution < -0.4 is 5.32 Å². The van der Waals surface area contributed by atoms with Gasteiger partial charge in [0.15, 0.2) is 18.1 Å². The number of esters is 2. The summed E-state index contributed by atoms with van der Waals surface area (Å²) in [4.78, 5) is 65.9. The zero-order valence-electron chi connectivity index (χ0n) is 40.8. The lowest BCUT2D eigenvalue weighted by Gasteiger charge is -2.50. The molecule has 0 unspecified atom stereocenters. The molecule has 4 aliphatic heterocycles. The Bertz CT molecular complexity index is 2440. The van der Waals surface area contributed by atoms with Crippen molar-refractivity contribution in [2.24, 2.45) is 5.41 Å². The average Bonchev–Trinajstić information content (AvgIpc) is 4.04. The Hall–Kier alpha value is -5.16. The smallest absolute Gasteiger partial charge is 0.327 e. The Labute approximate surface area is 417 Å². The molecule has 19 nitrogen and oxygen atoms in total. The number of hydrogen-bond donors (Lipinski definition) is 6. The van der Waals surface area contributed by atoms with E-state index in [2.05, 4.69) is 5.32 Å². The summed E-state index contributed by atoms with van der Waals surface area (Å²) in [5, 5.41) is 54.8. The molecule has 1 spiro atoms. The van der Waals surface area contributed by atoms with Crippen molar-refractivity contribution in [3.8, 4) is 0 Å². The number of benzene rings is 3. The minimum Gasteiger partial charge on any atom is -0.460 e. The molecule has 2 bridgehead atoms. The summed E-state index contributed by atoms with van der Waals surface area (Å²) < 4.78 is 36.5. The van der Waals surface area contributed by atoms with Crippen LogP contribution in [0.4, 0.5) is 0 Å². The summed E-state index contributed by atoms with van der Waals surface area (Å²) in [6.07, 6.45) is -6.11. The van der Waals surface area contributed by atoms with E-state index in [1.807, 2.05) is 78.9 Å². The van der Waals surface area contributed by atoms with Gasteiger partial charge in [-0.25, -0.2) is 0 Å². The molecule has 6 N–H and O–H groups in total. The maximum Gasteiger partial charge on any atom is 0.327 e. The van der Waals surface area contributed by atoms with Crippen LogP contribution in [0.1, 0.15) is 67.9 Å². The first-order valence-electron chi connectivity index (χ1n) is 24.6. The van der Waals surface area contributed by atoms with Gasteiger partial charge < -0.3 is 64.2 Å². The van der Waals surface area contributed by atoms with Gasteiger partial charge in [0, 0.05) is 39.2 Å². The van der Waals surface area contributed by atoms with Crippen LogP contribution in [0.25, 0.3) is 6.08 Å². The number of fused-ring (bicyclic) bond motifs is 5. The van der Waals surface area contributed by atoms with Gasteiger partial charge in [-0.2, -0.15) is 5.06 Å². The fourth-order valence-electron chi connectivity index (χ4n) is 11.1. The molecule has 9 rings (SSSR count). The highest BCUT2D eigenvalue weighted by Gasteiger charge is 2.77. The first-order valence-corrected chi connectivity index (χ1v) is 24.6. The van der Waals surface area contributed by atoms with E-state index in [-0.39, 0.29) is 38.8 Å². The Morgan fingerprint density at radius 1 is 0.903 bits per heavy atom. The summed E-state index contributed by atoms with van der Waals surface area (Å²) >= 11 is 0. The van der Waals surface area contributed by atoms with Crippen molar-refractivity contribution in [1.82, 2.24) is 15.3 Å². The molecule has 3 aromatic carbocycles. The number of nitrogens with one attached hydrogen (secondary N) is 1. The Morgan fingerprint density at radius 3 is 2.25 bits per heavy atom. The lowest BCUT2D eigenvalue weighted by Crippen LogP contribution is -2.70. The molecule has 2 aliphatic carbocycles. The fraction of sp³-hybridized carbons (Fsp3) is 0.547. The van der Waals surface area contributed by atoms with Gasteiger partial charge in [-0.15, -0.1) is 0 Å². The largest absolute Gasteiger partial charge is 0.460 e. The molecule has 1 saturated carbocycles. The predicted molar refractivity (Wildman–Crippen MR) is 253 cm³/mol. The van der Waals surface area contributed by atoms with Crippen LogP contribution in [-0.4, -0.2) is 171 Å². The molecular weight excluding hydrogens is 935 g/mol. The molecular formula is C53H65N3O16. The highest BCUT2D eigenvalue weighted by atomic mass is 16.8. The van der Waals surface area contributed by atoms with Gasteiger partial charge in [0.05, 0.1) is 32.4 Å². The van der Waals surface area contributed by atoms with Crippen molar-refractivity contribution >= 4 is 29.8 Å². The molecule has 5 fully saturated rings. The molecule has 388 valence electrons. The van der Waals surface area contributed by atoms with Crippen LogP contribution in [0.3, 0.4) is 0 Å². The highest BCUT2D eigenvalue weighted by Crippen LogP contribution is 2.59. The second-order valence-electron chi connectivity index (χ2n) is 20.7. The van der Waals surface area contributed by atoms with Crippen molar-refractivity contribution in [3.05, 3.63) is 113 Å². The molecule has 0 radical (unpaired) electrons. The third kappa shape index (κ3) is 10.3. The molecule has 0 aromatic heterocycles. The van der Waals surface area contributed by atoms with Gasteiger partial charge in [-0.3, -0.25) is 24.0 Å². The standard InChI is InChI=1S/C53H65N3O16/c1-51(2,3)69-39(59)21-20-35(28-57)54-47(63)36(23-31-11-6-5-7-12-31)55(4)50(65)53-26-37-43-44(71-52(70-43)24-33-14-8-9-15-34(33)25-52)46(53)72-56(45(53)48(64)67-37)27-32-18-16-30(17-19-32)13-10-22-66-49-42(62)41(61)40(60)38(29-58)68-49/h5-19,35-38,40-46,49,57-58,60-62H,20-29H2,1-4H3,(H,54,63)/t35-,36+,37+,38+,40-,41-,42+,43-,44-,45-,46+,49-,53-/m0/s1. The van der Waals surface area contributed by atoms with E-state index in [0.717, 1.165) is 27.8 Å². The summed E-state index contributed by atoms with van der Waals surface area (Å²) in [7, 11) is 1.53. The van der Waals surface area contributed by atoms with E-state index in [0.29, 0.717) is 12.8 Å². The lowest BCUT2D eigenvalue weighted by atomic mass is 9.62. The summed E-state index contributed by atoms with van der Waals surface area (Å²) in [6.45, 7) is 4.22. The number of aliphatic hydroxyl groups is 5. The number of rotatable bonds is 17. The maximum absolute atomic E-state index is 15.9. The normalized spacial score (nSPS) is 31.2.